The molecule has 0 bridgehead atoms. The fourth-order valence-corrected chi connectivity index (χ4v) is 4.54. The van der Waals surface area contributed by atoms with Crippen molar-refractivity contribution >= 4 is 51.7 Å². The van der Waals surface area contributed by atoms with Crippen molar-refractivity contribution < 1.29 is 24.0 Å². The Balaban J connectivity index is 1.54. The van der Waals surface area contributed by atoms with Crippen molar-refractivity contribution in [1.82, 2.24) is 19.9 Å². The minimum Gasteiger partial charge on any atom is -0.468 e. The molecular formula is C23H19N7O6S2. The van der Waals surface area contributed by atoms with Gasteiger partial charge in [0, 0.05) is 28.6 Å². The number of amides is 2. The molecule has 0 aliphatic rings. The molecule has 0 fully saturated rings. The van der Waals surface area contributed by atoms with Gasteiger partial charge < -0.3 is 4.74 Å². The maximum Gasteiger partial charge on any atom is 0.316 e. The molecule has 0 radical (unpaired) electrons. The minimum atomic E-state index is -0.649. The number of nitrogens with zero attached hydrogens (tertiary/aromatic N) is 5. The van der Waals surface area contributed by atoms with Crippen molar-refractivity contribution in [3.8, 4) is 0 Å². The van der Waals surface area contributed by atoms with Crippen LogP contribution in [0.5, 0.6) is 0 Å². The molecule has 194 valence electrons. The number of benzene rings is 2. The number of thioether (sulfide) groups is 1. The number of hydrogen-bond acceptors (Lipinski definition) is 11. The largest absolute Gasteiger partial charge is 0.468 e. The number of nitro groups is 1. The van der Waals surface area contributed by atoms with E-state index < -0.39 is 16.8 Å². The fourth-order valence-electron chi connectivity index (χ4n) is 3.10. The minimum absolute atomic E-state index is 0.0438. The second kappa shape index (κ2) is 12.1. The third kappa shape index (κ3) is 6.57. The lowest BCUT2D eigenvalue weighted by Crippen LogP contribution is -2.26. The van der Waals surface area contributed by atoms with Crippen LogP contribution in [0.2, 0.25) is 0 Å². The van der Waals surface area contributed by atoms with Crippen molar-refractivity contribution in [2.45, 2.75) is 11.6 Å². The van der Waals surface area contributed by atoms with Crippen LogP contribution in [-0.4, -0.2) is 55.4 Å². The third-order valence-electron chi connectivity index (χ3n) is 4.93. The van der Waals surface area contributed by atoms with Gasteiger partial charge in [0.2, 0.25) is 5.16 Å². The van der Waals surface area contributed by atoms with E-state index in [-0.39, 0.29) is 40.3 Å². The predicted molar refractivity (Wildman–Crippen MR) is 139 cm³/mol. The van der Waals surface area contributed by atoms with Crippen molar-refractivity contribution in [3.05, 3.63) is 92.7 Å². The first-order valence-electron chi connectivity index (χ1n) is 10.8. The van der Waals surface area contributed by atoms with Crippen LogP contribution in [0.1, 0.15) is 32.2 Å². The summed E-state index contributed by atoms with van der Waals surface area (Å²) in [4.78, 5) is 51.9. The Labute approximate surface area is 223 Å². The lowest BCUT2D eigenvalue weighted by molar-refractivity contribution is -0.384. The first-order chi connectivity index (χ1) is 18.3. The number of esters is 1. The molecule has 2 aromatic heterocycles. The van der Waals surface area contributed by atoms with Crippen LogP contribution in [0.4, 0.5) is 10.8 Å². The summed E-state index contributed by atoms with van der Waals surface area (Å²) < 4.78 is 5.94. The van der Waals surface area contributed by atoms with Gasteiger partial charge in [0.15, 0.2) is 11.0 Å². The van der Waals surface area contributed by atoms with Gasteiger partial charge in [-0.3, -0.25) is 35.2 Å². The lowest BCUT2D eigenvalue weighted by Gasteiger charge is -2.11. The molecule has 38 heavy (non-hydrogen) atoms. The second-order valence-corrected chi connectivity index (χ2v) is 9.29. The molecule has 0 spiro atoms. The number of nitrogens with one attached hydrogen (secondary N) is 2. The zero-order valence-electron chi connectivity index (χ0n) is 19.7. The Morgan fingerprint density at radius 2 is 1.84 bits per heavy atom. The monoisotopic (exact) mass is 553 g/mol. The van der Waals surface area contributed by atoms with Crippen LogP contribution in [0.15, 0.2) is 65.1 Å². The first kappa shape index (κ1) is 26.4. The molecule has 2 aromatic carbocycles. The van der Waals surface area contributed by atoms with Gasteiger partial charge in [-0.2, -0.15) is 0 Å². The molecule has 0 saturated heterocycles. The summed E-state index contributed by atoms with van der Waals surface area (Å²) in [5, 5.41) is 24.3. The summed E-state index contributed by atoms with van der Waals surface area (Å²) >= 11 is 2.20. The number of carbonyl (C=O) groups is 3. The number of carbonyl (C=O) groups excluding carboxylic acids is 3. The molecule has 0 unspecified atom stereocenters. The highest BCUT2D eigenvalue weighted by molar-refractivity contribution is 7.99. The number of non-ortho nitro benzene ring substituents is 1. The average molecular weight is 554 g/mol. The second-order valence-electron chi connectivity index (χ2n) is 7.49. The third-order valence-corrected chi connectivity index (χ3v) is 6.64. The van der Waals surface area contributed by atoms with Crippen molar-refractivity contribution in [2.75, 3.05) is 23.6 Å². The number of anilines is 1. The van der Waals surface area contributed by atoms with E-state index in [9.17, 15) is 24.5 Å². The molecule has 2 N–H and O–H groups in total. The van der Waals surface area contributed by atoms with Crippen LogP contribution in [0.25, 0.3) is 0 Å². The molecule has 4 aromatic rings. The van der Waals surface area contributed by atoms with Gasteiger partial charge in [-0.25, -0.2) is 9.66 Å². The molecule has 0 aliphatic heterocycles. The van der Waals surface area contributed by atoms with E-state index in [1.807, 2.05) is 6.07 Å². The summed E-state index contributed by atoms with van der Waals surface area (Å²) in [6, 6.07) is 13.9. The maximum atomic E-state index is 12.9. The van der Waals surface area contributed by atoms with Gasteiger partial charge in [0.1, 0.15) is 0 Å². The van der Waals surface area contributed by atoms with Crippen LogP contribution in [0, 0.1) is 10.1 Å². The Bertz CT molecular complexity index is 1490. The maximum absolute atomic E-state index is 12.9. The summed E-state index contributed by atoms with van der Waals surface area (Å²) in [7, 11) is 1.25. The Morgan fingerprint density at radius 1 is 1.08 bits per heavy atom. The number of thiazole rings is 1. The number of nitro benzene ring substituents is 1. The van der Waals surface area contributed by atoms with Gasteiger partial charge in [0.25, 0.3) is 17.5 Å². The molecular weight excluding hydrogens is 534 g/mol. The van der Waals surface area contributed by atoms with Crippen molar-refractivity contribution in [2.24, 2.45) is 0 Å². The van der Waals surface area contributed by atoms with E-state index in [1.165, 1.54) is 41.3 Å². The highest BCUT2D eigenvalue weighted by atomic mass is 32.2. The van der Waals surface area contributed by atoms with Crippen molar-refractivity contribution in [3.63, 3.8) is 0 Å². The summed E-state index contributed by atoms with van der Waals surface area (Å²) in [5.41, 5.74) is 3.46. The average Bonchev–Trinajstić information content (AvgIpc) is 3.54. The molecule has 0 aliphatic carbocycles. The fraction of sp³-hybridized carbons (Fsp3) is 0.130. The highest BCUT2D eigenvalue weighted by Gasteiger charge is 2.20. The number of methoxy groups -OCH3 is 1. The van der Waals surface area contributed by atoms with E-state index in [1.54, 1.807) is 29.6 Å². The standard InChI is InChI=1S/C23H19N7O6S2/c1-36-19(31)13-38-23-27-26-18(29(23)28-21(33)15-8-5-9-17(10-15)30(34)35)11-16-12-37-22(24-16)25-20(32)14-6-3-2-4-7-14/h2-10,12H,11,13H2,1H3,(H,28,33)(H,24,25,32). The van der Waals surface area contributed by atoms with E-state index in [4.69, 9.17) is 0 Å². The van der Waals surface area contributed by atoms with Crippen molar-refractivity contribution in [1.29, 1.82) is 0 Å². The number of rotatable bonds is 10. The van der Waals surface area contributed by atoms with E-state index >= 15 is 0 Å². The SMILES string of the molecule is COC(=O)CSc1nnc(Cc2csc(NC(=O)c3ccccc3)n2)n1NC(=O)c1cccc([N+](=O)[O-])c1. The smallest absolute Gasteiger partial charge is 0.316 e. The Hall–Kier alpha value is -4.63. The highest BCUT2D eigenvalue weighted by Crippen LogP contribution is 2.22. The first-order valence-corrected chi connectivity index (χ1v) is 12.7. The lowest BCUT2D eigenvalue weighted by atomic mass is 10.2. The molecule has 0 atom stereocenters. The van der Waals surface area contributed by atoms with E-state index in [0.29, 0.717) is 16.4 Å². The van der Waals surface area contributed by atoms with Gasteiger partial charge in [-0.05, 0) is 18.2 Å². The molecule has 2 amide bonds. The quantitative estimate of drug-likeness (QED) is 0.129. The van der Waals surface area contributed by atoms with Crippen LogP contribution >= 0.6 is 23.1 Å². The molecule has 2 heterocycles. The normalized spacial score (nSPS) is 10.6. The Kier molecular flexibility index (Phi) is 8.40. The number of ether oxygens (including phenoxy) is 1. The Morgan fingerprint density at radius 3 is 2.58 bits per heavy atom. The summed E-state index contributed by atoms with van der Waals surface area (Å²) in [6.45, 7) is 0. The van der Waals surface area contributed by atoms with Gasteiger partial charge in [-0.1, -0.05) is 36.0 Å². The van der Waals surface area contributed by atoms with Gasteiger partial charge in [0.05, 0.1) is 29.9 Å². The zero-order chi connectivity index (χ0) is 27.1. The van der Waals surface area contributed by atoms with Crippen LogP contribution in [-0.2, 0) is 16.0 Å². The molecule has 0 saturated carbocycles. The topological polar surface area (TPSA) is 171 Å². The van der Waals surface area contributed by atoms with Gasteiger partial charge >= 0.3 is 5.97 Å². The summed E-state index contributed by atoms with van der Waals surface area (Å²) in [5.74, 6) is -1.27. The molecule has 15 heteroatoms. The predicted octanol–water partition coefficient (Wildman–Crippen LogP) is 3.13. The molecule has 13 nitrogen and oxygen atoms in total. The van der Waals surface area contributed by atoms with Crippen LogP contribution in [0.3, 0.4) is 0 Å². The number of aromatic nitrogens is 4. The van der Waals surface area contributed by atoms with E-state index in [0.717, 1.165) is 17.8 Å². The molecule has 4 rings (SSSR count). The zero-order valence-corrected chi connectivity index (χ0v) is 21.3. The van der Waals surface area contributed by atoms with Gasteiger partial charge in [-0.15, -0.1) is 21.5 Å². The van der Waals surface area contributed by atoms with Crippen LogP contribution < -0.4 is 10.7 Å². The number of hydrogen-bond donors (Lipinski definition) is 2. The van der Waals surface area contributed by atoms with E-state index in [2.05, 4.69) is 30.7 Å². The summed E-state index contributed by atoms with van der Waals surface area (Å²) in [6.07, 6.45) is 0.124.